The fourth-order valence-corrected chi connectivity index (χ4v) is 1.49. The summed E-state index contributed by atoms with van der Waals surface area (Å²) in [5.74, 6) is -1.12. The summed E-state index contributed by atoms with van der Waals surface area (Å²) in [7, 11) is 0. The monoisotopic (exact) mass is 191 g/mol. The van der Waals surface area contributed by atoms with E-state index in [1.54, 1.807) is 12.1 Å². The molecule has 0 atom stereocenters. The van der Waals surface area contributed by atoms with Gasteiger partial charge in [0.25, 0.3) is 0 Å². The van der Waals surface area contributed by atoms with E-state index in [9.17, 15) is 10.0 Å². The van der Waals surface area contributed by atoms with Gasteiger partial charge in [-0.2, -0.15) is 0 Å². The second-order valence-corrected chi connectivity index (χ2v) is 3.04. The lowest BCUT2D eigenvalue weighted by Gasteiger charge is -2.23. The van der Waals surface area contributed by atoms with Crippen molar-refractivity contribution in [1.82, 2.24) is 0 Å². The van der Waals surface area contributed by atoms with Crippen molar-refractivity contribution < 1.29 is 15.1 Å². The SMILES string of the molecule is O=C(O)C1=CCc2ccccc2N1O. The normalized spacial score (nSPS) is 14.6. The lowest BCUT2D eigenvalue weighted by Crippen LogP contribution is -2.27. The van der Waals surface area contributed by atoms with Crippen LogP contribution in [0.15, 0.2) is 36.0 Å². The third-order valence-electron chi connectivity index (χ3n) is 2.18. The van der Waals surface area contributed by atoms with Crippen LogP contribution in [0.1, 0.15) is 5.56 Å². The highest BCUT2D eigenvalue weighted by Gasteiger charge is 2.22. The van der Waals surface area contributed by atoms with Crippen molar-refractivity contribution in [2.75, 3.05) is 5.06 Å². The molecule has 0 aromatic heterocycles. The molecule has 72 valence electrons. The number of hydrogen-bond donors (Lipinski definition) is 2. The van der Waals surface area contributed by atoms with Crippen molar-refractivity contribution in [3.8, 4) is 0 Å². The Kier molecular flexibility index (Phi) is 1.98. The van der Waals surface area contributed by atoms with Gasteiger partial charge in [-0.1, -0.05) is 18.2 Å². The summed E-state index contributed by atoms with van der Waals surface area (Å²) in [6.45, 7) is 0. The molecule has 0 saturated carbocycles. The van der Waals surface area contributed by atoms with Crippen LogP contribution in [0.5, 0.6) is 0 Å². The first-order valence-corrected chi connectivity index (χ1v) is 4.20. The van der Waals surface area contributed by atoms with Crippen molar-refractivity contribution >= 4 is 11.7 Å². The standard InChI is InChI=1S/C10H9NO3/c12-10(13)9-6-5-7-3-1-2-4-8(7)11(9)14/h1-4,6,14H,5H2,(H,12,13). The molecular weight excluding hydrogens is 182 g/mol. The van der Waals surface area contributed by atoms with E-state index in [-0.39, 0.29) is 5.70 Å². The molecule has 1 aliphatic heterocycles. The van der Waals surface area contributed by atoms with Crippen LogP contribution in [-0.2, 0) is 11.2 Å². The molecule has 0 bridgehead atoms. The van der Waals surface area contributed by atoms with Gasteiger partial charge in [-0.3, -0.25) is 5.21 Å². The van der Waals surface area contributed by atoms with Crippen molar-refractivity contribution in [3.63, 3.8) is 0 Å². The predicted molar refractivity (Wildman–Crippen MR) is 50.1 cm³/mol. The summed E-state index contributed by atoms with van der Waals surface area (Å²) in [5.41, 5.74) is 1.36. The average Bonchev–Trinajstić information content (AvgIpc) is 2.18. The zero-order valence-electron chi connectivity index (χ0n) is 7.34. The number of hydrogen-bond acceptors (Lipinski definition) is 3. The van der Waals surface area contributed by atoms with E-state index in [0.29, 0.717) is 17.2 Å². The van der Waals surface area contributed by atoms with Gasteiger partial charge in [0.05, 0.1) is 5.69 Å². The molecule has 0 saturated heterocycles. The number of benzene rings is 1. The third-order valence-corrected chi connectivity index (χ3v) is 2.18. The van der Waals surface area contributed by atoms with E-state index in [2.05, 4.69) is 0 Å². The molecule has 0 unspecified atom stereocenters. The van der Waals surface area contributed by atoms with Crippen LogP contribution >= 0.6 is 0 Å². The van der Waals surface area contributed by atoms with Crippen LogP contribution in [0.2, 0.25) is 0 Å². The Hall–Kier alpha value is -1.81. The van der Waals surface area contributed by atoms with Crippen molar-refractivity contribution in [1.29, 1.82) is 0 Å². The summed E-state index contributed by atoms with van der Waals surface area (Å²) < 4.78 is 0. The average molecular weight is 191 g/mol. The number of anilines is 1. The maximum Gasteiger partial charge on any atom is 0.354 e. The highest BCUT2D eigenvalue weighted by molar-refractivity contribution is 5.91. The maximum absolute atomic E-state index is 10.7. The summed E-state index contributed by atoms with van der Waals surface area (Å²) in [5, 5.41) is 19.0. The molecule has 1 aliphatic rings. The Balaban J connectivity index is 2.44. The highest BCUT2D eigenvalue weighted by Crippen LogP contribution is 2.27. The molecule has 0 fully saturated rings. The number of carboxylic acids is 1. The largest absolute Gasteiger partial charge is 0.477 e. The molecule has 1 aromatic rings. The van der Waals surface area contributed by atoms with Gasteiger partial charge in [0.15, 0.2) is 5.70 Å². The fourth-order valence-electron chi connectivity index (χ4n) is 1.49. The summed E-state index contributed by atoms with van der Waals surface area (Å²) in [6.07, 6.45) is 2.03. The Labute approximate surface area is 80.7 Å². The second kappa shape index (κ2) is 3.16. The smallest absolute Gasteiger partial charge is 0.354 e. The zero-order valence-corrected chi connectivity index (χ0v) is 7.34. The van der Waals surface area contributed by atoms with Gasteiger partial charge in [0.2, 0.25) is 0 Å². The summed E-state index contributed by atoms with van der Waals surface area (Å²) in [4.78, 5) is 10.7. The first-order valence-electron chi connectivity index (χ1n) is 4.20. The fraction of sp³-hybridized carbons (Fsp3) is 0.100. The minimum Gasteiger partial charge on any atom is -0.477 e. The molecule has 2 N–H and O–H groups in total. The van der Waals surface area contributed by atoms with Crippen LogP contribution in [0.3, 0.4) is 0 Å². The molecule has 4 nitrogen and oxygen atoms in total. The van der Waals surface area contributed by atoms with Crippen LogP contribution in [0.25, 0.3) is 0 Å². The quantitative estimate of drug-likeness (QED) is 0.704. The van der Waals surface area contributed by atoms with Crippen LogP contribution in [-0.4, -0.2) is 16.3 Å². The molecule has 0 spiro atoms. The van der Waals surface area contributed by atoms with Crippen molar-refractivity contribution in [2.24, 2.45) is 0 Å². The first-order chi connectivity index (χ1) is 6.70. The molecule has 0 amide bonds. The van der Waals surface area contributed by atoms with Gasteiger partial charge in [-0.05, 0) is 24.1 Å². The number of nitrogens with zero attached hydrogens (tertiary/aromatic N) is 1. The molecule has 4 heteroatoms. The molecule has 2 rings (SSSR count). The maximum atomic E-state index is 10.7. The van der Waals surface area contributed by atoms with E-state index in [1.165, 1.54) is 6.08 Å². The molecule has 0 aliphatic carbocycles. The Morgan fingerprint density at radius 2 is 2.07 bits per heavy atom. The predicted octanol–water partition coefficient (Wildman–Crippen LogP) is 1.41. The third kappa shape index (κ3) is 1.25. The number of fused-ring (bicyclic) bond motifs is 1. The Morgan fingerprint density at radius 1 is 1.36 bits per heavy atom. The molecular formula is C10H9NO3. The molecule has 1 aromatic carbocycles. The highest BCUT2D eigenvalue weighted by atomic mass is 16.5. The number of rotatable bonds is 1. The van der Waals surface area contributed by atoms with E-state index < -0.39 is 5.97 Å². The number of para-hydroxylation sites is 1. The van der Waals surface area contributed by atoms with Gasteiger partial charge < -0.3 is 5.11 Å². The number of aliphatic carboxylic acids is 1. The molecule has 1 heterocycles. The lowest BCUT2D eigenvalue weighted by atomic mass is 10.0. The Morgan fingerprint density at radius 3 is 2.79 bits per heavy atom. The number of carboxylic acid groups (broad SMARTS) is 1. The van der Waals surface area contributed by atoms with Crippen LogP contribution in [0, 0.1) is 0 Å². The van der Waals surface area contributed by atoms with Gasteiger partial charge in [0, 0.05) is 0 Å². The Bertz CT molecular complexity index is 412. The van der Waals surface area contributed by atoms with Crippen molar-refractivity contribution in [2.45, 2.75) is 6.42 Å². The first kappa shape index (κ1) is 8.77. The van der Waals surface area contributed by atoms with Gasteiger partial charge in [0.1, 0.15) is 0 Å². The lowest BCUT2D eigenvalue weighted by molar-refractivity contribution is -0.133. The van der Waals surface area contributed by atoms with Crippen LogP contribution in [0.4, 0.5) is 5.69 Å². The number of hydroxylamine groups is 1. The zero-order chi connectivity index (χ0) is 10.1. The number of allylic oxidation sites excluding steroid dienone is 1. The van der Waals surface area contributed by atoms with Gasteiger partial charge >= 0.3 is 5.97 Å². The van der Waals surface area contributed by atoms with Crippen LogP contribution < -0.4 is 5.06 Å². The van der Waals surface area contributed by atoms with E-state index in [1.807, 2.05) is 12.1 Å². The van der Waals surface area contributed by atoms with Gasteiger partial charge in [-0.15, -0.1) is 0 Å². The van der Waals surface area contributed by atoms with Gasteiger partial charge in [-0.25, -0.2) is 9.86 Å². The number of carbonyl (C=O) groups is 1. The minimum atomic E-state index is -1.12. The topological polar surface area (TPSA) is 60.8 Å². The van der Waals surface area contributed by atoms with E-state index >= 15 is 0 Å². The molecule has 0 radical (unpaired) electrons. The second-order valence-electron chi connectivity index (χ2n) is 3.04. The van der Waals surface area contributed by atoms with E-state index in [4.69, 9.17) is 5.11 Å². The van der Waals surface area contributed by atoms with Crippen molar-refractivity contribution in [3.05, 3.63) is 41.6 Å². The minimum absolute atomic E-state index is 0.0938. The summed E-state index contributed by atoms with van der Waals surface area (Å²) >= 11 is 0. The summed E-state index contributed by atoms with van der Waals surface area (Å²) in [6, 6.07) is 7.15. The molecule has 14 heavy (non-hydrogen) atoms. The van der Waals surface area contributed by atoms with E-state index in [0.717, 1.165) is 5.56 Å².